The topological polar surface area (TPSA) is 47.6 Å². The molecule has 0 aliphatic carbocycles. The van der Waals surface area contributed by atoms with E-state index >= 15 is 0 Å². The van der Waals surface area contributed by atoms with Crippen LogP contribution in [0.2, 0.25) is 0 Å². The van der Waals surface area contributed by atoms with Crippen LogP contribution >= 0.6 is 15.9 Å². The Bertz CT molecular complexity index is 626. The van der Waals surface area contributed by atoms with Crippen molar-refractivity contribution in [1.29, 1.82) is 0 Å². The molecule has 21 heavy (non-hydrogen) atoms. The van der Waals surface area contributed by atoms with Gasteiger partial charge in [0.1, 0.15) is 11.5 Å². The number of benzene rings is 2. The fourth-order valence-corrected chi connectivity index (χ4v) is 2.36. The first kappa shape index (κ1) is 15.4. The van der Waals surface area contributed by atoms with Gasteiger partial charge in [0, 0.05) is 11.3 Å². The van der Waals surface area contributed by atoms with Crippen LogP contribution in [0, 0.1) is 0 Å². The smallest absolute Gasteiger partial charge is 0.255 e. The molecule has 1 amide bonds. The molecule has 0 heterocycles. The van der Waals surface area contributed by atoms with Crippen molar-refractivity contribution < 1.29 is 14.3 Å². The molecular weight excluding hydrogens is 334 g/mol. The van der Waals surface area contributed by atoms with E-state index in [1.807, 2.05) is 6.92 Å². The Morgan fingerprint density at radius 1 is 1.19 bits per heavy atom. The molecular formula is C16H16BrNO3. The first-order valence-electron chi connectivity index (χ1n) is 6.51. The number of carbonyl (C=O) groups is 1. The second-order valence-corrected chi connectivity index (χ2v) is 5.12. The molecule has 1 N–H and O–H groups in total. The molecule has 0 aromatic heterocycles. The number of anilines is 1. The number of amides is 1. The minimum Gasteiger partial charge on any atom is -0.496 e. The van der Waals surface area contributed by atoms with Crippen LogP contribution in [0.3, 0.4) is 0 Å². The number of nitrogens with one attached hydrogen (secondary N) is 1. The van der Waals surface area contributed by atoms with Gasteiger partial charge in [0.05, 0.1) is 18.2 Å². The Kier molecular flexibility index (Phi) is 5.22. The van der Waals surface area contributed by atoms with Crippen molar-refractivity contribution in [3.63, 3.8) is 0 Å². The van der Waals surface area contributed by atoms with Crippen molar-refractivity contribution in [1.82, 2.24) is 0 Å². The fraction of sp³-hybridized carbons (Fsp3) is 0.188. The van der Waals surface area contributed by atoms with Gasteiger partial charge in [-0.05, 0) is 65.3 Å². The minimum absolute atomic E-state index is 0.171. The maximum absolute atomic E-state index is 12.2. The number of ether oxygens (including phenoxy) is 2. The molecule has 110 valence electrons. The quantitative estimate of drug-likeness (QED) is 0.883. The lowest BCUT2D eigenvalue weighted by Gasteiger charge is -2.09. The Morgan fingerprint density at radius 2 is 1.90 bits per heavy atom. The average Bonchev–Trinajstić information content (AvgIpc) is 2.48. The van der Waals surface area contributed by atoms with E-state index in [0.29, 0.717) is 23.6 Å². The lowest BCUT2D eigenvalue weighted by Crippen LogP contribution is -2.11. The molecule has 2 aromatic rings. The van der Waals surface area contributed by atoms with Gasteiger partial charge in [-0.2, -0.15) is 0 Å². The number of methoxy groups -OCH3 is 1. The third-order valence-electron chi connectivity index (χ3n) is 2.84. The monoisotopic (exact) mass is 349 g/mol. The van der Waals surface area contributed by atoms with Gasteiger partial charge >= 0.3 is 0 Å². The van der Waals surface area contributed by atoms with E-state index in [0.717, 1.165) is 10.2 Å². The molecule has 0 bridgehead atoms. The summed E-state index contributed by atoms with van der Waals surface area (Å²) in [4.78, 5) is 12.2. The number of halogens is 1. The van der Waals surface area contributed by atoms with E-state index < -0.39 is 0 Å². The van der Waals surface area contributed by atoms with E-state index in [9.17, 15) is 4.79 Å². The molecule has 2 rings (SSSR count). The van der Waals surface area contributed by atoms with Gasteiger partial charge < -0.3 is 14.8 Å². The predicted octanol–water partition coefficient (Wildman–Crippen LogP) is 4.11. The summed E-state index contributed by atoms with van der Waals surface area (Å²) in [6.07, 6.45) is 0. The molecule has 0 spiro atoms. The Labute approximate surface area is 132 Å². The van der Waals surface area contributed by atoms with Crippen molar-refractivity contribution in [2.45, 2.75) is 6.92 Å². The fourth-order valence-electron chi connectivity index (χ4n) is 1.82. The number of hydrogen-bond donors (Lipinski definition) is 1. The Morgan fingerprint density at radius 3 is 2.48 bits per heavy atom. The van der Waals surface area contributed by atoms with Crippen molar-refractivity contribution in [3.05, 3.63) is 52.5 Å². The maximum atomic E-state index is 12.2. The second-order valence-electron chi connectivity index (χ2n) is 4.26. The summed E-state index contributed by atoms with van der Waals surface area (Å²) >= 11 is 3.39. The van der Waals surface area contributed by atoms with Crippen LogP contribution in [-0.2, 0) is 0 Å². The molecule has 0 aliphatic heterocycles. The number of rotatable bonds is 5. The molecule has 0 saturated heterocycles. The van der Waals surface area contributed by atoms with Crippen LogP contribution in [-0.4, -0.2) is 19.6 Å². The second kappa shape index (κ2) is 7.13. The van der Waals surface area contributed by atoms with Crippen molar-refractivity contribution >= 4 is 27.5 Å². The van der Waals surface area contributed by atoms with Crippen LogP contribution in [0.25, 0.3) is 0 Å². The van der Waals surface area contributed by atoms with Crippen LogP contribution in [0.4, 0.5) is 5.69 Å². The predicted molar refractivity (Wildman–Crippen MR) is 86.3 cm³/mol. The Balaban J connectivity index is 2.08. The van der Waals surface area contributed by atoms with Gasteiger partial charge in [-0.3, -0.25) is 4.79 Å². The maximum Gasteiger partial charge on any atom is 0.255 e. The van der Waals surface area contributed by atoms with Crippen LogP contribution < -0.4 is 14.8 Å². The highest BCUT2D eigenvalue weighted by Crippen LogP contribution is 2.28. The molecule has 0 saturated carbocycles. The zero-order chi connectivity index (χ0) is 15.2. The van der Waals surface area contributed by atoms with Gasteiger partial charge in [0.2, 0.25) is 0 Å². The zero-order valence-corrected chi connectivity index (χ0v) is 13.4. The average molecular weight is 350 g/mol. The van der Waals surface area contributed by atoms with E-state index in [4.69, 9.17) is 9.47 Å². The third-order valence-corrected chi connectivity index (χ3v) is 3.46. The standard InChI is InChI=1S/C16H16BrNO3/c1-3-21-13-7-4-11(5-8-13)16(19)18-12-6-9-15(20-2)14(17)10-12/h4-10H,3H2,1-2H3,(H,18,19). The van der Waals surface area contributed by atoms with Gasteiger partial charge in [0.25, 0.3) is 5.91 Å². The van der Waals surface area contributed by atoms with E-state index in [1.54, 1.807) is 49.6 Å². The molecule has 4 nitrogen and oxygen atoms in total. The zero-order valence-electron chi connectivity index (χ0n) is 11.9. The highest BCUT2D eigenvalue weighted by Gasteiger charge is 2.08. The normalized spacial score (nSPS) is 10.0. The summed E-state index contributed by atoms with van der Waals surface area (Å²) in [5.41, 5.74) is 1.27. The first-order chi connectivity index (χ1) is 10.1. The summed E-state index contributed by atoms with van der Waals surface area (Å²) < 4.78 is 11.3. The van der Waals surface area contributed by atoms with Crippen molar-refractivity contribution in [2.75, 3.05) is 19.0 Å². The van der Waals surface area contributed by atoms with Gasteiger partial charge in [0.15, 0.2) is 0 Å². The van der Waals surface area contributed by atoms with Crippen LogP contribution in [0.5, 0.6) is 11.5 Å². The molecule has 0 aliphatic rings. The van der Waals surface area contributed by atoms with Crippen LogP contribution in [0.15, 0.2) is 46.9 Å². The first-order valence-corrected chi connectivity index (χ1v) is 7.31. The summed E-state index contributed by atoms with van der Waals surface area (Å²) in [6, 6.07) is 12.4. The molecule has 0 fully saturated rings. The molecule has 0 radical (unpaired) electrons. The highest BCUT2D eigenvalue weighted by molar-refractivity contribution is 9.10. The van der Waals surface area contributed by atoms with Gasteiger partial charge in [-0.25, -0.2) is 0 Å². The molecule has 2 aromatic carbocycles. The van der Waals surface area contributed by atoms with Gasteiger partial charge in [-0.15, -0.1) is 0 Å². The Hall–Kier alpha value is -2.01. The summed E-state index contributed by atoms with van der Waals surface area (Å²) in [7, 11) is 1.60. The molecule has 0 unspecified atom stereocenters. The minimum atomic E-state index is -0.171. The highest BCUT2D eigenvalue weighted by atomic mass is 79.9. The largest absolute Gasteiger partial charge is 0.496 e. The summed E-state index contributed by atoms with van der Waals surface area (Å²) in [5.74, 6) is 1.30. The molecule has 0 atom stereocenters. The summed E-state index contributed by atoms with van der Waals surface area (Å²) in [5, 5.41) is 2.84. The lowest BCUT2D eigenvalue weighted by molar-refractivity contribution is 0.102. The molecule has 5 heteroatoms. The van der Waals surface area contributed by atoms with Crippen molar-refractivity contribution in [2.24, 2.45) is 0 Å². The van der Waals surface area contributed by atoms with Gasteiger partial charge in [-0.1, -0.05) is 0 Å². The van der Waals surface area contributed by atoms with Crippen molar-refractivity contribution in [3.8, 4) is 11.5 Å². The number of carbonyl (C=O) groups excluding carboxylic acids is 1. The third kappa shape index (κ3) is 3.98. The summed E-state index contributed by atoms with van der Waals surface area (Å²) in [6.45, 7) is 2.52. The SMILES string of the molecule is CCOc1ccc(C(=O)Nc2ccc(OC)c(Br)c2)cc1. The van der Waals surface area contributed by atoms with Crippen LogP contribution in [0.1, 0.15) is 17.3 Å². The number of hydrogen-bond acceptors (Lipinski definition) is 3. The van der Waals surface area contributed by atoms with E-state index in [2.05, 4.69) is 21.2 Å². The van der Waals surface area contributed by atoms with E-state index in [1.165, 1.54) is 0 Å². The van der Waals surface area contributed by atoms with E-state index in [-0.39, 0.29) is 5.91 Å². The lowest BCUT2D eigenvalue weighted by atomic mass is 10.2.